The number of nitrogens with one attached hydrogen (secondary N) is 1. The molecule has 0 fully saturated rings. The number of benzene rings is 1. The first-order valence-electron chi connectivity index (χ1n) is 8.65. The van der Waals surface area contributed by atoms with E-state index in [0.29, 0.717) is 5.02 Å². The monoisotopic (exact) mass is 417 g/mol. The molecule has 0 radical (unpaired) electrons. The van der Waals surface area contributed by atoms with Gasteiger partial charge in [0.15, 0.2) is 16.4 Å². The summed E-state index contributed by atoms with van der Waals surface area (Å²) >= 11 is 5.73. The van der Waals surface area contributed by atoms with Crippen LogP contribution in [0.25, 0.3) is 0 Å². The number of hydrogen-bond donors (Lipinski definition) is 1. The van der Waals surface area contributed by atoms with Gasteiger partial charge in [-0.2, -0.15) is 0 Å². The Hall–Kier alpha value is -1.60. The van der Waals surface area contributed by atoms with Crippen molar-refractivity contribution in [3.63, 3.8) is 0 Å². The molecule has 0 bridgehead atoms. The zero-order valence-electron chi connectivity index (χ0n) is 16.5. The molecule has 27 heavy (non-hydrogen) atoms. The molecular weight excluding hydrogens is 390 g/mol. The van der Waals surface area contributed by atoms with Gasteiger partial charge in [0.25, 0.3) is 5.91 Å². The number of esters is 1. The molecule has 0 spiro atoms. The van der Waals surface area contributed by atoms with Crippen LogP contribution < -0.4 is 5.32 Å². The molecule has 1 amide bonds. The van der Waals surface area contributed by atoms with Crippen LogP contribution in [0.15, 0.2) is 29.2 Å². The van der Waals surface area contributed by atoms with Gasteiger partial charge in [0.2, 0.25) is 0 Å². The summed E-state index contributed by atoms with van der Waals surface area (Å²) in [5.41, 5.74) is -0.414. The van der Waals surface area contributed by atoms with Gasteiger partial charge in [-0.15, -0.1) is 0 Å². The Morgan fingerprint density at radius 3 is 2.15 bits per heavy atom. The molecule has 0 aliphatic rings. The van der Waals surface area contributed by atoms with Crippen molar-refractivity contribution in [3.8, 4) is 0 Å². The molecule has 0 saturated heterocycles. The van der Waals surface area contributed by atoms with Gasteiger partial charge < -0.3 is 10.1 Å². The number of rotatable bonds is 8. The van der Waals surface area contributed by atoms with Gasteiger partial charge in [-0.25, -0.2) is 8.42 Å². The number of carbonyl (C=O) groups is 2. The maximum Gasteiger partial charge on any atom is 0.307 e. The van der Waals surface area contributed by atoms with Gasteiger partial charge in [-0.1, -0.05) is 32.4 Å². The van der Waals surface area contributed by atoms with E-state index in [4.69, 9.17) is 16.3 Å². The Morgan fingerprint density at radius 2 is 1.63 bits per heavy atom. The van der Waals surface area contributed by atoms with Crippen molar-refractivity contribution in [2.24, 2.45) is 5.41 Å². The smallest absolute Gasteiger partial charge is 0.307 e. The van der Waals surface area contributed by atoms with Crippen molar-refractivity contribution >= 4 is 33.3 Å². The second-order valence-electron chi connectivity index (χ2n) is 8.35. The highest BCUT2D eigenvalue weighted by Gasteiger charge is 2.27. The lowest BCUT2D eigenvalue weighted by molar-refractivity contribution is -0.148. The Bertz CT molecular complexity index is 764. The molecule has 1 N–H and O–H groups in total. The number of halogens is 1. The fourth-order valence-corrected chi connectivity index (χ4v) is 4.33. The SMILES string of the molecule is CC(C)(C)CC(C)(C)NC(=O)COC(=O)CCS(=O)(=O)c1ccc(Cl)cc1. The summed E-state index contributed by atoms with van der Waals surface area (Å²) in [7, 11) is -3.62. The van der Waals surface area contributed by atoms with Crippen molar-refractivity contribution in [1.82, 2.24) is 5.32 Å². The summed E-state index contributed by atoms with van der Waals surface area (Å²) in [6.07, 6.45) is 0.419. The van der Waals surface area contributed by atoms with Crippen LogP contribution in [0.1, 0.15) is 47.5 Å². The second-order valence-corrected chi connectivity index (χ2v) is 10.9. The lowest BCUT2D eigenvalue weighted by Crippen LogP contribution is -2.47. The third kappa shape index (κ3) is 9.24. The average Bonchev–Trinajstić information content (AvgIpc) is 2.48. The number of ether oxygens (including phenoxy) is 1. The minimum Gasteiger partial charge on any atom is -0.456 e. The normalized spacial score (nSPS) is 12.5. The van der Waals surface area contributed by atoms with Gasteiger partial charge >= 0.3 is 5.97 Å². The maximum atomic E-state index is 12.2. The Balaban J connectivity index is 2.46. The average molecular weight is 418 g/mol. The van der Waals surface area contributed by atoms with E-state index in [0.717, 1.165) is 6.42 Å². The minimum atomic E-state index is -3.62. The quantitative estimate of drug-likeness (QED) is 0.655. The van der Waals surface area contributed by atoms with Crippen LogP contribution >= 0.6 is 11.6 Å². The molecule has 0 unspecified atom stereocenters. The fourth-order valence-electron chi connectivity index (χ4n) is 2.98. The molecule has 0 aliphatic heterocycles. The third-order valence-corrected chi connectivity index (χ3v) is 5.55. The molecular formula is C19H28ClNO5S. The topological polar surface area (TPSA) is 89.5 Å². The Labute approximate surface area is 166 Å². The third-order valence-electron chi connectivity index (χ3n) is 3.56. The lowest BCUT2D eigenvalue weighted by atomic mass is 9.82. The highest BCUT2D eigenvalue weighted by atomic mass is 35.5. The van der Waals surface area contributed by atoms with E-state index in [1.807, 2.05) is 13.8 Å². The number of hydrogen-bond acceptors (Lipinski definition) is 5. The van der Waals surface area contributed by atoms with E-state index in [-0.39, 0.29) is 16.7 Å². The van der Waals surface area contributed by atoms with Crippen LogP contribution in [-0.2, 0) is 24.2 Å². The molecule has 1 aromatic carbocycles. The summed E-state index contributed by atoms with van der Waals surface area (Å²) in [5, 5.41) is 3.25. The van der Waals surface area contributed by atoms with E-state index in [9.17, 15) is 18.0 Å². The molecule has 0 aliphatic carbocycles. The second kappa shape index (κ2) is 9.06. The summed E-state index contributed by atoms with van der Waals surface area (Å²) in [6, 6.07) is 5.70. The lowest BCUT2D eigenvalue weighted by Gasteiger charge is -2.33. The molecule has 1 rings (SSSR count). The predicted octanol–water partition coefficient (Wildman–Crippen LogP) is 3.38. The van der Waals surface area contributed by atoms with Gasteiger partial charge in [-0.05, 0) is 49.9 Å². The summed E-state index contributed by atoms with van der Waals surface area (Å²) < 4.78 is 29.2. The van der Waals surface area contributed by atoms with Crippen molar-refractivity contribution in [2.75, 3.05) is 12.4 Å². The highest BCUT2D eigenvalue weighted by Crippen LogP contribution is 2.26. The molecule has 0 atom stereocenters. The standard InChI is InChI=1S/C19H28ClNO5S/c1-18(2,3)13-19(4,5)21-16(22)12-26-17(23)10-11-27(24,25)15-8-6-14(20)7-9-15/h6-9H,10-13H2,1-5H3,(H,21,22). The largest absolute Gasteiger partial charge is 0.456 e. The van der Waals surface area contributed by atoms with E-state index in [1.54, 1.807) is 0 Å². The minimum absolute atomic E-state index is 0.0312. The van der Waals surface area contributed by atoms with Crippen LogP contribution in [0.4, 0.5) is 0 Å². The number of carbonyl (C=O) groups excluding carboxylic acids is 2. The van der Waals surface area contributed by atoms with E-state index in [2.05, 4.69) is 26.1 Å². The molecule has 1 aromatic rings. The van der Waals surface area contributed by atoms with Crippen molar-refractivity contribution < 1.29 is 22.7 Å². The van der Waals surface area contributed by atoms with Crippen LogP contribution in [0.3, 0.4) is 0 Å². The first kappa shape index (κ1) is 23.4. The molecule has 6 nitrogen and oxygen atoms in total. The Morgan fingerprint density at radius 1 is 1.07 bits per heavy atom. The number of sulfone groups is 1. The van der Waals surface area contributed by atoms with E-state index >= 15 is 0 Å². The first-order chi connectivity index (χ1) is 12.2. The first-order valence-corrected chi connectivity index (χ1v) is 10.7. The number of amides is 1. The molecule has 152 valence electrons. The van der Waals surface area contributed by atoms with E-state index < -0.39 is 39.6 Å². The highest BCUT2D eigenvalue weighted by molar-refractivity contribution is 7.91. The van der Waals surface area contributed by atoms with Crippen LogP contribution in [-0.4, -0.2) is 38.2 Å². The zero-order chi connectivity index (χ0) is 20.9. The maximum absolute atomic E-state index is 12.2. The molecule has 0 saturated carbocycles. The predicted molar refractivity (Wildman–Crippen MR) is 105 cm³/mol. The molecule has 8 heteroatoms. The van der Waals surface area contributed by atoms with Crippen molar-refractivity contribution in [1.29, 1.82) is 0 Å². The van der Waals surface area contributed by atoms with Gasteiger partial charge in [-0.3, -0.25) is 9.59 Å². The van der Waals surface area contributed by atoms with Gasteiger partial charge in [0.1, 0.15) is 0 Å². The van der Waals surface area contributed by atoms with Crippen LogP contribution in [0.5, 0.6) is 0 Å². The van der Waals surface area contributed by atoms with Gasteiger partial charge in [0.05, 0.1) is 17.1 Å². The Kier molecular flexibility index (Phi) is 7.87. The molecule has 0 aromatic heterocycles. The van der Waals surface area contributed by atoms with Crippen molar-refractivity contribution in [3.05, 3.63) is 29.3 Å². The summed E-state index contributed by atoms with van der Waals surface area (Å²) in [5.74, 6) is -1.56. The van der Waals surface area contributed by atoms with Crippen LogP contribution in [0.2, 0.25) is 5.02 Å². The van der Waals surface area contributed by atoms with E-state index in [1.165, 1.54) is 24.3 Å². The zero-order valence-corrected chi connectivity index (χ0v) is 18.0. The summed E-state index contributed by atoms with van der Waals surface area (Å²) in [4.78, 5) is 23.9. The van der Waals surface area contributed by atoms with Crippen molar-refractivity contribution in [2.45, 2.75) is 57.9 Å². The molecule has 0 heterocycles. The fraction of sp³-hybridized carbons (Fsp3) is 0.579. The van der Waals surface area contributed by atoms with Gasteiger partial charge in [0, 0.05) is 10.6 Å². The summed E-state index contributed by atoms with van der Waals surface area (Å²) in [6.45, 7) is 9.58. The van der Waals surface area contributed by atoms with Crippen LogP contribution in [0, 0.1) is 5.41 Å².